The number of amides is 2. The first-order valence-electron chi connectivity index (χ1n) is 7.52. The number of carboxylic acid groups (broad SMARTS) is 1. The van der Waals surface area contributed by atoms with Crippen LogP contribution in [0.3, 0.4) is 0 Å². The van der Waals surface area contributed by atoms with Crippen molar-refractivity contribution in [3.05, 3.63) is 35.4 Å². The summed E-state index contributed by atoms with van der Waals surface area (Å²) in [7, 11) is 0. The molecule has 0 atom stereocenters. The third-order valence-corrected chi connectivity index (χ3v) is 3.87. The van der Waals surface area contributed by atoms with Crippen molar-refractivity contribution in [1.82, 2.24) is 10.6 Å². The highest BCUT2D eigenvalue weighted by molar-refractivity contribution is 5.89. The maximum absolute atomic E-state index is 11.8. The van der Waals surface area contributed by atoms with Gasteiger partial charge in [-0.3, -0.25) is 0 Å². The Morgan fingerprint density at radius 2 is 1.86 bits per heavy atom. The molecule has 0 heterocycles. The number of hydrogen-bond acceptors (Lipinski definition) is 2. The van der Waals surface area contributed by atoms with E-state index in [2.05, 4.69) is 10.6 Å². The molecule has 0 saturated heterocycles. The van der Waals surface area contributed by atoms with Gasteiger partial charge in [0.15, 0.2) is 0 Å². The van der Waals surface area contributed by atoms with Crippen LogP contribution in [0.25, 0.3) is 0 Å². The minimum Gasteiger partial charge on any atom is -0.478 e. The molecule has 1 aromatic rings. The van der Waals surface area contributed by atoms with E-state index in [-0.39, 0.29) is 12.1 Å². The number of carbonyl (C=O) groups is 2. The fourth-order valence-electron chi connectivity index (χ4n) is 2.74. The lowest BCUT2D eigenvalue weighted by Gasteiger charge is -2.22. The van der Waals surface area contributed by atoms with Crippen molar-refractivity contribution in [2.45, 2.75) is 44.6 Å². The lowest BCUT2D eigenvalue weighted by molar-refractivity contribution is 0.0695. The second-order valence-electron chi connectivity index (χ2n) is 5.45. The Balaban J connectivity index is 1.76. The van der Waals surface area contributed by atoms with E-state index in [1.807, 2.05) is 6.07 Å². The molecule has 21 heavy (non-hydrogen) atoms. The Hall–Kier alpha value is -2.04. The Labute approximate surface area is 124 Å². The summed E-state index contributed by atoms with van der Waals surface area (Å²) in [6, 6.07) is 7.00. The van der Waals surface area contributed by atoms with Crippen molar-refractivity contribution < 1.29 is 14.7 Å². The van der Waals surface area contributed by atoms with E-state index in [9.17, 15) is 9.59 Å². The van der Waals surface area contributed by atoms with Gasteiger partial charge in [0.25, 0.3) is 0 Å². The molecule has 1 saturated carbocycles. The van der Waals surface area contributed by atoms with Crippen LogP contribution >= 0.6 is 0 Å². The first kappa shape index (κ1) is 15.4. The second-order valence-corrected chi connectivity index (χ2v) is 5.45. The normalized spacial score (nSPS) is 15.4. The predicted octanol–water partition coefficient (Wildman–Crippen LogP) is 2.56. The van der Waals surface area contributed by atoms with Crippen molar-refractivity contribution in [3.63, 3.8) is 0 Å². The highest BCUT2D eigenvalue weighted by Crippen LogP contribution is 2.17. The number of benzene rings is 1. The number of hydrogen-bond donors (Lipinski definition) is 3. The van der Waals surface area contributed by atoms with Crippen molar-refractivity contribution in [3.8, 4) is 0 Å². The van der Waals surface area contributed by atoms with Gasteiger partial charge in [0, 0.05) is 12.6 Å². The average Bonchev–Trinajstić information content (AvgIpc) is 2.48. The molecular weight excluding hydrogens is 268 g/mol. The van der Waals surface area contributed by atoms with Gasteiger partial charge in [0.1, 0.15) is 0 Å². The zero-order valence-corrected chi connectivity index (χ0v) is 12.1. The van der Waals surface area contributed by atoms with E-state index in [1.54, 1.807) is 18.2 Å². The molecule has 0 bridgehead atoms. The van der Waals surface area contributed by atoms with Gasteiger partial charge in [-0.15, -0.1) is 0 Å². The van der Waals surface area contributed by atoms with E-state index in [0.717, 1.165) is 18.4 Å². The van der Waals surface area contributed by atoms with Crippen LogP contribution in [0.2, 0.25) is 0 Å². The molecule has 0 spiro atoms. The standard InChI is InChI=1S/C16H22N2O3/c19-15(20)14-9-5-4-6-12(14)10-11-17-16(21)18-13-7-2-1-3-8-13/h4-6,9,13H,1-3,7-8,10-11H2,(H,19,20)(H2,17,18,21). The summed E-state index contributed by atoms with van der Waals surface area (Å²) in [5.41, 5.74) is 1.04. The molecule has 1 aliphatic carbocycles. The number of aromatic carboxylic acids is 1. The Morgan fingerprint density at radius 1 is 1.14 bits per heavy atom. The van der Waals surface area contributed by atoms with E-state index in [0.29, 0.717) is 18.5 Å². The molecule has 0 radical (unpaired) electrons. The SMILES string of the molecule is O=C(NCCc1ccccc1C(=O)O)NC1CCCCC1. The van der Waals surface area contributed by atoms with Crippen molar-refractivity contribution in [2.24, 2.45) is 0 Å². The summed E-state index contributed by atoms with van der Waals surface area (Å²) in [6.45, 7) is 0.433. The maximum Gasteiger partial charge on any atom is 0.335 e. The Bertz CT molecular complexity index is 496. The molecule has 0 unspecified atom stereocenters. The second kappa shape index (κ2) is 7.67. The van der Waals surface area contributed by atoms with Gasteiger partial charge < -0.3 is 15.7 Å². The van der Waals surface area contributed by atoms with Gasteiger partial charge in [-0.05, 0) is 30.9 Å². The molecule has 1 fully saturated rings. The van der Waals surface area contributed by atoms with Crippen LogP contribution in [-0.4, -0.2) is 29.7 Å². The fourth-order valence-corrected chi connectivity index (χ4v) is 2.74. The number of rotatable bonds is 5. The van der Waals surface area contributed by atoms with Gasteiger partial charge in [0.05, 0.1) is 5.56 Å². The van der Waals surface area contributed by atoms with Crippen LogP contribution in [0.5, 0.6) is 0 Å². The molecule has 5 heteroatoms. The smallest absolute Gasteiger partial charge is 0.335 e. The molecule has 1 aromatic carbocycles. The number of urea groups is 1. The molecular formula is C16H22N2O3. The Kier molecular flexibility index (Phi) is 5.60. The molecule has 1 aliphatic rings. The first-order chi connectivity index (χ1) is 10.2. The van der Waals surface area contributed by atoms with E-state index in [4.69, 9.17) is 5.11 Å². The van der Waals surface area contributed by atoms with E-state index < -0.39 is 5.97 Å². The number of nitrogens with one attached hydrogen (secondary N) is 2. The quantitative estimate of drug-likeness (QED) is 0.780. The van der Waals surface area contributed by atoms with Crippen molar-refractivity contribution in [2.75, 3.05) is 6.54 Å². The molecule has 2 amide bonds. The lowest BCUT2D eigenvalue weighted by Crippen LogP contribution is -2.43. The van der Waals surface area contributed by atoms with Crippen LogP contribution in [0.4, 0.5) is 4.79 Å². The summed E-state index contributed by atoms with van der Waals surface area (Å²) in [4.78, 5) is 22.9. The molecule has 0 aliphatic heterocycles. The predicted molar refractivity (Wildman–Crippen MR) is 80.5 cm³/mol. The Morgan fingerprint density at radius 3 is 2.57 bits per heavy atom. The minimum absolute atomic E-state index is 0.158. The molecule has 2 rings (SSSR count). The van der Waals surface area contributed by atoms with Crippen LogP contribution in [0.15, 0.2) is 24.3 Å². The number of carbonyl (C=O) groups excluding carboxylic acids is 1. The summed E-state index contributed by atoms with van der Waals surface area (Å²) in [5, 5.41) is 14.9. The average molecular weight is 290 g/mol. The van der Waals surface area contributed by atoms with Gasteiger partial charge in [-0.1, -0.05) is 37.5 Å². The van der Waals surface area contributed by atoms with E-state index in [1.165, 1.54) is 19.3 Å². The topological polar surface area (TPSA) is 78.4 Å². The van der Waals surface area contributed by atoms with Gasteiger partial charge >= 0.3 is 12.0 Å². The molecule has 114 valence electrons. The highest BCUT2D eigenvalue weighted by Gasteiger charge is 2.15. The highest BCUT2D eigenvalue weighted by atomic mass is 16.4. The lowest BCUT2D eigenvalue weighted by atomic mass is 9.96. The third kappa shape index (κ3) is 4.77. The monoisotopic (exact) mass is 290 g/mol. The number of carboxylic acids is 1. The van der Waals surface area contributed by atoms with Crippen LogP contribution in [0.1, 0.15) is 48.0 Å². The summed E-state index contributed by atoms with van der Waals surface area (Å²) < 4.78 is 0. The molecule has 3 N–H and O–H groups in total. The minimum atomic E-state index is -0.933. The van der Waals surface area contributed by atoms with Gasteiger partial charge in [-0.25, -0.2) is 9.59 Å². The molecule has 0 aromatic heterocycles. The van der Waals surface area contributed by atoms with Crippen molar-refractivity contribution in [1.29, 1.82) is 0 Å². The maximum atomic E-state index is 11.8. The first-order valence-corrected chi connectivity index (χ1v) is 7.52. The largest absolute Gasteiger partial charge is 0.478 e. The zero-order valence-electron chi connectivity index (χ0n) is 12.1. The fraction of sp³-hybridized carbons (Fsp3) is 0.500. The van der Waals surface area contributed by atoms with Crippen molar-refractivity contribution >= 4 is 12.0 Å². The van der Waals surface area contributed by atoms with E-state index >= 15 is 0 Å². The van der Waals surface area contributed by atoms with Crippen LogP contribution in [-0.2, 0) is 6.42 Å². The summed E-state index contributed by atoms with van der Waals surface area (Å²) in [5.74, 6) is -0.933. The van der Waals surface area contributed by atoms with Crippen LogP contribution in [0, 0.1) is 0 Å². The zero-order chi connectivity index (χ0) is 15.1. The van der Waals surface area contributed by atoms with Gasteiger partial charge in [-0.2, -0.15) is 0 Å². The molecule has 5 nitrogen and oxygen atoms in total. The van der Waals surface area contributed by atoms with Gasteiger partial charge in [0.2, 0.25) is 0 Å². The third-order valence-electron chi connectivity index (χ3n) is 3.87. The summed E-state index contributed by atoms with van der Waals surface area (Å²) >= 11 is 0. The van der Waals surface area contributed by atoms with Crippen LogP contribution < -0.4 is 10.6 Å². The summed E-state index contributed by atoms with van der Waals surface area (Å²) in [6.07, 6.45) is 6.23.